The van der Waals surface area contributed by atoms with E-state index in [1.54, 1.807) is 4.90 Å². The molecular weight excluding hydrogens is 376 g/mol. The minimum atomic E-state index is -3.45. The van der Waals surface area contributed by atoms with Crippen LogP contribution in [0.5, 0.6) is 0 Å². The number of hydrogen-bond acceptors (Lipinski definition) is 10. The Hall–Kier alpha value is -1.56. The molecule has 0 saturated carbocycles. The summed E-state index contributed by atoms with van der Waals surface area (Å²) in [6.45, 7) is 2.22. The summed E-state index contributed by atoms with van der Waals surface area (Å²) in [5, 5.41) is 16.5. The Morgan fingerprint density at radius 3 is 3.15 bits per heavy atom. The van der Waals surface area contributed by atoms with Gasteiger partial charge in [0.2, 0.25) is 5.91 Å². The quantitative estimate of drug-likeness (QED) is 0.398. The van der Waals surface area contributed by atoms with Crippen molar-refractivity contribution in [1.29, 1.82) is 0 Å². The minimum absolute atomic E-state index is 0.0230. The van der Waals surface area contributed by atoms with Crippen LogP contribution in [0.1, 0.15) is 19.8 Å². The molecule has 1 amide bonds. The lowest BCUT2D eigenvalue weighted by Crippen LogP contribution is -2.45. The molecule has 2 saturated heterocycles. The Morgan fingerprint density at radius 1 is 1.56 bits per heavy atom. The molecule has 0 aromatic carbocycles. The van der Waals surface area contributed by atoms with Gasteiger partial charge in [-0.1, -0.05) is 6.92 Å². The molecule has 13 heteroatoms. The van der Waals surface area contributed by atoms with Crippen LogP contribution < -0.4 is 15.5 Å². The Kier molecular flexibility index (Phi) is 4.95. The van der Waals surface area contributed by atoms with E-state index in [4.69, 9.17) is 21.4 Å². The fourth-order valence-electron chi connectivity index (χ4n) is 3.35. The molecule has 2 fully saturated rings. The van der Waals surface area contributed by atoms with Crippen LogP contribution in [0.2, 0.25) is 0 Å². The number of aliphatic hydroxyl groups is 1. The van der Waals surface area contributed by atoms with Gasteiger partial charge in [0.05, 0.1) is 6.67 Å². The zero-order chi connectivity index (χ0) is 19.2. The van der Waals surface area contributed by atoms with Crippen LogP contribution in [0.3, 0.4) is 0 Å². The Labute approximate surface area is 157 Å². The lowest BCUT2D eigenvalue weighted by atomic mass is 10.1. The van der Waals surface area contributed by atoms with Crippen LogP contribution in [-0.2, 0) is 18.6 Å². The molecule has 0 bridgehead atoms. The molecule has 3 aliphatic rings. The molecule has 1 aromatic rings. The number of nitrogens with one attached hydrogen (secondary N) is 2. The van der Waals surface area contributed by atoms with E-state index in [1.807, 2.05) is 6.92 Å². The minimum Gasteiger partial charge on any atom is -0.385 e. The Bertz CT molecular complexity index is 742. The highest BCUT2D eigenvalue weighted by Crippen LogP contribution is 2.58. The first kappa shape index (κ1) is 18.8. The van der Waals surface area contributed by atoms with Gasteiger partial charge in [-0.2, -0.15) is 9.05 Å². The summed E-state index contributed by atoms with van der Waals surface area (Å²) in [7, 11) is 2.09. The van der Waals surface area contributed by atoms with Crippen molar-refractivity contribution in [2.45, 2.75) is 44.3 Å². The molecule has 4 N–H and O–H groups in total. The molecule has 27 heavy (non-hydrogen) atoms. The van der Waals surface area contributed by atoms with Crippen LogP contribution >= 0.6 is 7.82 Å². The first-order chi connectivity index (χ1) is 12.9. The van der Waals surface area contributed by atoms with Crippen molar-refractivity contribution in [1.82, 2.24) is 9.97 Å². The average molecular weight is 396 g/mol. The summed E-state index contributed by atoms with van der Waals surface area (Å²) < 4.78 is 16.2. The monoisotopic (exact) mass is 396 g/mol. The standard InChI is InChI=1S/C14H20BN5O6P/c1-2-3-8(21)19-12-9-13(17-5-16-12)20(6-18-9)14-10(22)11-7(25-14)4-24-27(15,23)26-11/h5,7,10-11,14,18,22-23H,2-4,6H2,1H3,(H,16,17,19,21)/q+1/t7?,10?,11-,14?,27?/m1/s1. The van der Waals surface area contributed by atoms with E-state index in [1.165, 1.54) is 6.33 Å². The Balaban J connectivity index is 1.54. The zero-order valence-electron chi connectivity index (χ0n) is 14.6. The van der Waals surface area contributed by atoms with Gasteiger partial charge >= 0.3 is 15.4 Å². The second-order valence-electron chi connectivity index (χ2n) is 6.51. The molecule has 2 radical (unpaired) electrons. The third-order valence-corrected chi connectivity index (χ3v) is 5.64. The fourth-order valence-corrected chi connectivity index (χ4v) is 4.38. The number of hydrogen-bond donors (Lipinski definition) is 4. The van der Waals surface area contributed by atoms with E-state index in [2.05, 4.69) is 20.6 Å². The highest BCUT2D eigenvalue weighted by atomic mass is 31.2. The summed E-state index contributed by atoms with van der Waals surface area (Å²) in [6, 6.07) is 0. The van der Waals surface area contributed by atoms with E-state index in [9.17, 15) is 14.8 Å². The molecule has 4 heterocycles. The van der Waals surface area contributed by atoms with Gasteiger partial charge in [0, 0.05) is 6.42 Å². The first-order valence-corrected chi connectivity index (χ1v) is 10.3. The van der Waals surface area contributed by atoms with Crippen LogP contribution in [0.25, 0.3) is 0 Å². The molecule has 0 spiro atoms. The zero-order valence-corrected chi connectivity index (χ0v) is 15.5. The first-order valence-electron chi connectivity index (χ1n) is 8.62. The lowest BCUT2D eigenvalue weighted by molar-refractivity contribution is -0.116. The number of carbonyl (C=O) groups is 1. The lowest BCUT2D eigenvalue weighted by Gasteiger charge is -2.28. The number of nitrogens with zero attached hydrogens (tertiary/aromatic N) is 3. The van der Waals surface area contributed by atoms with Crippen LogP contribution in [0.15, 0.2) is 6.33 Å². The molecule has 144 valence electrons. The topological polar surface area (TPSA) is 138 Å². The van der Waals surface area contributed by atoms with Gasteiger partial charge in [-0.3, -0.25) is 4.79 Å². The van der Waals surface area contributed by atoms with Gasteiger partial charge in [-0.05, 0) is 6.42 Å². The van der Waals surface area contributed by atoms with Gasteiger partial charge in [0.15, 0.2) is 24.0 Å². The molecule has 4 rings (SSSR count). The third kappa shape index (κ3) is 3.48. The Morgan fingerprint density at radius 2 is 2.37 bits per heavy atom. The number of aromatic nitrogens is 2. The van der Waals surface area contributed by atoms with Crippen molar-refractivity contribution in [3.8, 4) is 0 Å². The molecule has 1 aromatic heterocycles. The smallest absolute Gasteiger partial charge is 0.385 e. The second-order valence-corrected chi connectivity index (χ2v) is 8.11. The summed E-state index contributed by atoms with van der Waals surface area (Å²) in [6.07, 6.45) is -0.788. The summed E-state index contributed by atoms with van der Waals surface area (Å²) in [5.41, 5.74) is 0.549. The van der Waals surface area contributed by atoms with Crippen molar-refractivity contribution in [2.24, 2.45) is 0 Å². The molecule has 5 atom stereocenters. The maximum Gasteiger partial charge on any atom is 0.488 e. The van der Waals surface area contributed by atoms with Crippen LogP contribution in [0, 0.1) is 0 Å². The third-order valence-electron chi connectivity index (χ3n) is 4.57. The van der Waals surface area contributed by atoms with E-state index in [0.717, 1.165) is 6.42 Å². The normalized spacial score (nSPS) is 34.7. The van der Waals surface area contributed by atoms with Gasteiger partial charge in [0.25, 0.3) is 0 Å². The number of aliphatic hydroxyl groups excluding tert-OH is 1. The van der Waals surface area contributed by atoms with Crippen LogP contribution in [-0.4, -0.2) is 71.3 Å². The predicted molar refractivity (Wildman–Crippen MR) is 96.9 cm³/mol. The number of anilines is 3. The SMILES string of the molecule is [B][P+]1(O)OCC2OC(N3CNc4c(NC(=O)CCC)ncnc43)C(O)[C@@H]2O1. The fraction of sp³-hybridized carbons (Fsp3) is 0.643. The summed E-state index contributed by atoms with van der Waals surface area (Å²) in [5.74, 6) is 0.712. The number of carbonyl (C=O) groups excluding carboxylic acids is 1. The maximum absolute atomic E-state index is 11.9. The van der Waals surface area contributed by atoms with Gasteiger partial charge in [-0.25, -0.2) is 14.9 Å². The summed E-state index contributed by atoms with van der Waals surface area (Å²) in [4.78, 5) is 31.8. The van der Waals surface area contributed by atoms with Crippen molar-refractivity contribution in [2.75, 3.05) is 28.8 Å². The number of amides is 1. The van der Waals surface area contributed by atoms with Gasteiger partial charge < -0.3 is 25.4 Å². The van der Waals surface area contributed by atoms with E-state index in [-0.39, 0.29) is 19.2 Å². The average Bonchev–Trinajstić information content (AvgIpc) is 3.17. The summed E-state index contributed by atoms with van der Waals surface area (Å²) >= 11 is 0. The second kappa shape index (κ2) is 7.12. The number of rotatable bonds is 4. The molecule has 0 aliphatic carbocycles. The highest BCUT2D eigenvalue weighted by Gasteiger charge is 2.58. The van der Waals surface area contributed by atoms with Crippen molar-refractivity contribution in [3.63, 3.8) is 0 Å². The molecule has 11 nitrogen and oxygen atoms in total. The van der Waals surface area contributed by atoms with Crippen LogP contribution in [0.4, 0.5) is 17.3 Å². The van der Waals surface area contributed by atoms with Crippen molar-refractivity contribution >= 4 is 38.6 Å². The van der Waals surface area contributed by atoms with Gasteiger partial charge in [0.1, 0.15) is 30.8 Å². The number of ether oxygens (including phenoxy) is 1. The van der Waals surface area contributed by atoms with E-state index < -0.39 is 32.4 Å². The largest absolute Gasteiger partial charge is 0.488 e. The molecule has 3 aliphatic heterocycles. The molecular formula is C14H20BN5O6P+. The predicted octanol–water partition coefficient (Wildman–Crippen LogP) is -0.256. The van der Waals surface area contributed by atoms with Crippen molar-refractivity contribution in [3.05, 3.63) is 6.33 Å². The number of fused-ring (bicyclic) bond motifs is 2. The highest BCUT2D eigenvalue weighted by molar-refractivity contribution is 7.85. The van der Waals surface area contributed by atoms with E-state index in [0.29, 0.717) is 23.7 Å². The maximum atomic E-state index is 11.9. The van der Waals surface area contributed by atoms with Gasteiger partial charge in [-0.15, -0.1) is 0 Å². The van der Waals surface area contributed by atoms with E-state index >= 15 is 0 Å². The van der Waals surface area contributed by atoms with Crippen molar-refractivity contribution < 1.29 is 28.6 Å². The molecule has 4 unspecified atom stereocenters.